The molecule has 8 heteroatoms. The van der Waals surface area contributed by atoms with Gasteiger partial charge < -0.3 is 5.32 Å². The van der Waals surface area contributed by atoms with Crippen LogP contribution in [0.3, 0.4) is 0 Å². The molecule has 0 aliphatic carbocycles. The van der Waals surface area contributed by atoms with Gasteiger partial charge in [0, 0.05) is 30.7 Å². The molecule has 0 atom stereocenters. The van der Waals surface area contributed by atoms with E-state index in [2.05, 4.69) is 20.3 Å². The molecule has 7 nitrogen and oxygen atoms in total. The standard InChI is InChI=1S/C16H15N5O2S/c17-24(22,23)14-3-1-12(2-4-14)11-20-16-19-10-7-15(21-16)13-5-8-18-9-6-13/h1-10H,11H2,(H2,17,22,23)(H,19,20,21). The number of aromatic nitrogens is 3. The van der Waals surface area contributed by atoms with Gasteiger partial charge in [-0.3, -0.25) is 4.98 Å². The first-order chi connectivity index (χ1) is 11.5. The second-order valence-electron chi connectivity index (χ2n) is 5.04. The van der Waals surface area contributed by atoms with Gasteiger partial charge in [-0.25, -0.2) is 23.5 Å². The zero-order valence-corrected chi connectivity index (χ0v) is 13.4. The maximum Gasteiger partial charge on any atom is 0.238 e. The third kappa shape index (κ3) is 3.92. The SMILES string of the molecule is NS(=O)(=O)c1ccc(CNc2nccc(-c3ccncc3)n2)cc1. The molecule has 0 bridgehead atoms. The second-order valence-corrected chi connectivity index (χ2v) is 6.61. The fourth-order valence-corrected chi connectivity index (χ4v) is 2.62. The molecule has 3 aromatic rings. The average molecular weight is 341 g/mol. The summed E-state index contributed by atoms with van der Waals surface area (Å²) >= 11 is 0. The molecule has 3 N–H and O–H groups in total. The van der Waals surface area contributed by atoms with E-state index in [-0.39, 0.29) is 4.90 Å². The third-order valence-corrected chi connectivity index (χ3v) is 4.26. The van der Waals surface area contributed by atoms with Crippen molar-refractivity contribution in [3.05, 3.63) is 66.6 Å². The molecule has 0 spiro atoms. The lowest BCUT2D eigenvalue weighted by molar-refractivity contribution is 0.598. The molecule has 0 fully saturated rings. The van der Waals surface area contributed by atoms with Crippen molar-refractivity contribution in [1.29, 1.82) is 0 Å². The van der Waals surface area contributed by atoms with E-state index in [1.165, 1.54) is 12.1 Å². The topological polar surface area (TPSA) is 111 Å². The normalized spacial score (nSPS) is 11.2. The van der Waals surface area contributed by atoms with Crippen molar-refractivity contribution in [2.45, 2.75) is 11.4 Å². The average Bonchev–Trinajstić information content (AvgIpc) is 2.61. The number of hydrogen-bond acceptors (Lipinski definition) is 6. The number of nitrogens with two attached hydrogens (primary N) is 1. The lowest BCUT2D eigenvalue weighted by atomic mass is 10.2. The number of pyridine rings is 1. The van der Waals surface area contributed by atoms with Crippen LogP contribution in [0.25, 0.3) is 11.3 Å². The van der Waals surface area contributed by atoms with Crippen molar-refractivity contribution in [2.24, 2.45) is 5.14 Å². The van der Waals surface area contributed by atoms with Gasteiger partial charge in [0.1, 0.15) is 0 Å². The molecule has 0 aliphatic heterocycles. The molecule has 1 aromatic carbocycles. The molecule has 0 saturated carbocycles. The summed E-state index contributed by atoms with van der Waals surface area (Å²) in [5, 5.41) is 8.19. The molecule has 0 radical (unpaired) electrons. The van der Waals surface area contributed by atoms with Crippen LogP contribution >= 0.6 is 0 Å². The van der Waals surface area contributed by atoms with Gasteiger partial charge in [0.25, 0.3) is 0 Å². The third-order valence-electron chi connectivity index (χ3n) is 3.33. The van der Waals surface area contributed by atoms with E-state index in [4.69, 9.17) is 5.14 Å². The van der Waals surface area contributed by atoms with Crippen LogP contribution in [-0.4, -0.2) is 23.4 Å². The highest BCUT2D eigenvalue weighted by atomic mass is 32.2. The Morgan fingerprint density at radius 1 is 0.958 bits per heavy atom. The summed E-state index contributed by atoms with van der Waals surface area (Å²) in [5.74, 6) is 0.486. The molecule has 122 valence electrons. The van der Waals surface area contributed by atoms with Gasteiger partial charge in [0.15, 0.2) is 0 Å². The summed E-state index contributed by atoms with van der Waals surface area (Å²) in [4.78, 5) is 12.7. The predicted octanol–water partition coefficient (Wildman–Crippen LogP) is 1.80. The van der Waals surface area contributed by atoms with Gasteiger partial charge in [0.2, 0.25) is 16.0 Å². The van der Waals surface area contributed by atoms with Crippen molar-refractivity contribution in [1.82, 2.24) is 15.0 Å². The Hall–Kier alpha value is -2.84. The van der Waals surface area contributed by atoms with Crippen LogP contribution in [0.1, 0.15) is 5.56 Å². The van der Waals surface area contributed by atoms with Crippen LogP contribution < -0.4 is 10.5 Å². The van der Waals surface area contributed by atoms with Gasteiger partial charge in [-0.15, -0.1) is 0 Å². The van der Waals surface area contributed by atoms with Crippen molar-refractivity contribution in [3.8, 4) is 11.3 Å². The quantitative estimate of drug-likeness (QED) is 0.732. The lowest BCUT2D eigenvalue weighted by Crippen LogP contribution is -2.12. The van der Waals surface area contributed by atoms with Crippen LogP contribution in [0.4, 0.5) is 5.95 Å². The number of anilines is 1. The molecule has 3 rings (SSSR count). The number of nitrogens with zero attached hydrogens (tertiary/aromatic N) is 3. The maximum atomic E-state index is 11.2. The first kappa shape index (κ1) is 16.0. The number of sulfonamides is 1. The summed E-state index contributed by atoms with van der Waals surface area (Å²) in [7, 11) is -3.67. The van der Waals surface area contributed by atoms with Gasteiger partial charge in [0.05, 0.1) is 10.6 Å². The Labute approximate surface area is 139 Å². The number of nitrogens with one attached hydrogen (secondary N) is 1. The predicted molar refractivity (Wildman–Crippen MR) is 90.4 cm³/mol. The Morgan fingerprint density at radius 2 is 1.67 bits per heavy atom. The minimum absolute atomic E-state index is 0.0854. The van der Waals surface area contributed by atoms with Gasteiger partial charge in [-0.1, -0.05) is 12.1 Å². The first-order valence-electron chi connectivity index (χ1n) is 7.11. The van der Waals surface area contributed by atoms with Crippen LogP contribution in [0.2, 0.25) is 0 Å². The zero-order chi connectivity index (χ0) is 17.0. The molecular formula is C16H15N5O2S. The molecule has 0 aliphatic rings. The number of benzene rings is 1. The van der Waals surface area contributed by atoms with E-state index in [9.17, 15) is 8.42 Å². The van der Waals surface area contributed by atoms with E-state index in [1.807, 2.05) is 18.2 Å². The minimum Gasteiger partial charge on any atom is -0.350 e. The fraction of sp³-hybridized carbons (Fsp3) is 0.0625. The van der Waals surface area contributed by atoms with Crippen LogP contribution in [0.5, 0.6) is 0 Å². The van der Waals surface area contributed by atoms with E-state index < -0.39 is 10.0 Å². The molecule has 2 heterocycles. The van der Waals surface area contributed by atoms with Crippen molar-refractivity contribution in [2.75, 3.05) is 5.32 Å². The largest absolute Gasteiger partial charge is 0.350 e. The Bertz CT molecular complexity index is 928. The lowest BCUT2D eigenvalue weighted by Gasteiger charge is -2.07. The summed E-state index contributed by atoms with van der Waals surface area (Å²) in [6, 6.07) is 11.9. The highest BCUT2D eigenvalue weighted by Gasteiger charge is 2.07. The van der Waals surface area contributed by atoms with E-state index in [0.717, 1.165) is 16.8 Å². The molecule has 0 unspecified atom stereocenters. The van der Waals surface area contributed by atoms with Crippen molar-refractivity contribution < 1.29 is 8.42 Å². The number of hydrogen-bond donors (Lipinski definition) is 2. The Balaban J connectivity index is 1.71. The van der Waals surface area contributed by atoms with Gasteiger partial charge >= 0.3 is 0 Å². The van der Waals surface area contributed by atoms with Gasteiger partial charge in [-0.05, 0) is 35.9 Å². The molecular weight excluding hydrogens is 326 g/mol. The van der Waals surface area contributed by atoms with Gasteiger partial charge in [-0.2, -0.15) is 0 Å². The highest BCUT2D eigenvalue weighted by Crippen LogP contribution is 2.16. The van der Waals surface area contributed by atoms with Crippen LogP contribution in [-0.2, 0) is 16.6 Å². The zero-order valence-electron chi connectivity index (χ0n) is 12.6. The van der Waals surface area contributed by atoms with Crippen LogP contribution in [0.15, 0.2) is 66.0 Å². The highest BCUT2D eigenvalue weighted by molar-refractivity contribution is 7.89. The molecule has 0 saturated heterocycles. The maximum absolute atomic E-state index is 11.2. The summed E-state index contributed by atoms with van der Waals surface area (Å²) in [6.07, 6.45) is 5.09. The smallest absolute Gasteiger partial charge is 0.238 e. The summed E-state index contributed by atoms with van der Waals surface area (Å²) < 4.78 is 22.5. The number of primary sulfonamides is 1. The molecule has 2 aromatic heterocycles. The monoisotopic (exact) mass is 341 g/mol. The van der Waals surface area contributed by atoms with E-state index in [1.54, 1.807) is 30.7 Å². The Kier molecular flexibility index (Phi) is 4.50. The minimum atomic E-state index is -3.67. The van der Waals surface area contributed by atoms with E-state index in [0.29, 0.717) is 12.5 Å². The fourth-order valence-electron chi connectivity index (χ4n) is 2.11. The molecule has 24 heavy (non-hydrogen) atoms. The number of rotatable bonds is 5. The van der Waals surface area contributed by atoms with Crippen molar-refractivity contribution >= 4 is 16.0 Å². The van der Waals surface area contributed by atoms with Crippen LogP contribution in [0, 0.1) is 0 Å². The molecule has 0 amide bonds. The van der Waals surface area contributed by atoms with Crippen molar-refractivity contribution in [3.63, 3.8) is 0 Å². The Morgan fingerprint density at radius 3 is 2.33 bits per heavy atom. The first-order valence-corrected chi connectivity index (χ1v) is 8.66. The van der Waals surface area contributed by atoms with E-state index >= 15 is 0 Å². The summed E-state index contributed by atoms with van der Waals surface area (Å²) in [5.41, 5.74) is 2.63. The summed E-state index contributed by atoms with van der Waals surface area (Å²) in [6.45, 7) is 0.463. The second kappa shape index (κ2) is 6.73.